The summed E-state index contributed by atoms with van der Waals surface area (Å²) in [4.78, 5) is 0. The Balaban J connectivity index is 1.70. The van der Waals surface area contributed by atoms with Crippen molar-refractivity contribution >= 4 is 11.8 Å². The van der Waals surface area contributed by atoms with Crippen molar-refractivity contribution in [2.24, 2.45) is 7.05 Å². The summed E-state index contributed by atoms with van der Waals surface area (Å²) in [6, 6.07) is 3.33. The summed E-state index contributed by atoms with van der Waals surface area (Å²) in [5.41, 5.74) is 0. The van der Waals surface area contributed by atoms with Crippen LogP contribution < -0.4 is 0 Å². The molecule has 7 nitrogen and oxygen atoms in total. The van der Waals surface area contributed by atoms with Crippen LogP contribution in [0, 0.1) is 0 Å². The average Bonchev–Trinajstić information content (AvgIpc) is 3.16. The van der Waals surface area contributed by atoms with Gasteiger partial charge in [0.1, 0.15) is 0 Å². The molecule has 0 saturated carbocycles. The maximum Gasteiger partial charge on any atom is 0.451 e. The van der Waals surface area contributed by atoms with E-state index in [1.54, 1.807) is 12.1 Å². The zero-order valence-electron chi connectivity index (χ0n) is 11.0. The lowest BCUT2D eigenvalue weighted by Gasteiger charge is -2.05. The van der Waals surface area contributed by atoms with Gasteiger partial charge >= 0.3 is 6.18 Å². The van der Waals surface area contributed by atoms with Gasteiger partial charge in [-0.05, 0) is 12.1 Å². The number of alkyl halides is 3. The van der Waals surface area contributed by atoms with E-state index in [2.05, 4.69) is 20.4 Å². The van der Waals surface area contributed by atoms with Crippen LogP contribution in [0.3, 0.4) is 0 Å². The summed E-state index contributed by atoms with van der Waals surface area (Å²) in [5, 5.41) is 14.3. The molecule has 3 aromatic rings. The van der Waals surface area contributed by atoms with Crippen LogP contribution in [-0.4, -0.2) is 25.0 Å². The molecule has 0 N–H and O–H groups in total. The Labute approximate surface area is 125 Å². The number of thioether (sulfide) groups is 1. The van der Waals surface area contributed by atoms with Crippen molar-refractivity contribution in [3.05, 3.63) is 30.1 Å². The monoisotopic (exact) mass is 331 g/mol. The molecule has 0 bridgehead atoms. The molecular formula is C11H8F3N5O2S. The molecule has 0 aliphatic carbocycles. The van der Waals surface area contributed by atoms with Crippen LogP contribution in [0.4, 0.5) is 13.2 Å². The van der Waals surface area contributed by atoms with Gasteiger partial charge in [0.05, 0.1) is 12.0 Å². The van der Waals surface area contributed by atoms with E-state index in [1.807, 2.05) is 0 Å². The number of hydrogen-bond acceptors (Lipinski definition) is 7. The van der Waals surface area contributed by atoms with Gasteiger partial charge in [-0.2, -0.15) is 13.2 Å². The second-order valence-corrected chi connectivity index (χ2v) is 5.07. The molecule has 0 amide bonds. The first-order valence-electron chi connectivity index (χ1n) is 5.91. The van der Waals surface area contributed by atoms with Gasteiger partial charge in [0.25, 0.3) is 5.89 Å². The Bertz CT molecular complexity index is 765. The molecule has 0 aliphatic heterocycles. The van der Waals surface area contributed by atoms with E-state index in [4.69, 9.17) is 8.83 Å². The van der Waals surface area contributed by atoms with Crippen molar-refractivity contribution in [2.45, 2.75) is 17.1 Å². The normalized spacial score (nSPS) is 12.0. The smallest absolute Gasteiger partial charge is 0.451 e. The SMILES string of the molecule is Cn1c(SCc2nnc(-c3ccco3)o2)nnc1C(F)(F)F. The van der Waals surface area contributed by atoms with Gasteiger partial charge in [-0.1, -0.05) is 11.8 Å². The van der Waals surface area contributed by atoms with Crippen LogP contribution in [0.25, 0.3) is 11.7 Å². The molecule has 0 aliphatic rings. The first-order chi connectivity index (χ1) is 10.4. The predicted molar refractivity (Wildman–Crippen MR) is 67.6 cm³/mol. The molecule has 116 valence electrons. The highest BCUT2D eigenvalue weighted by atomic mass is 32.2. The lowest BCUT2D eigenvalue weighted by atomic mass is 10.5. The van der Waals surface area contributed by atoms with Crippen molar-refractivity contribution in [3.8, 4) is 11.7 Å². The van der Waals surface area contributed by atoms with Gasteiger partial charge in [0.15, 0.2) is 10.9 Å². The Hall–Kier alpha value is -2.30. The number of halogens is 3. The van der Waals surface area contributed by atoms with Crippen LogP contribution >= 0.6 is 11.8 Å². The van der Waals surface area contributed by atoms with Crippen LogP contribution in [0.15, 0.2) is 32.4 Å². The molecule has 0 fully saturated rings. The van der Waals surface area contributed by atoms with Crippen LogP contribution in [0.2, 0.25) is 0 Å². The molecule has 0 unspecified atom stereocenters. The Morgan fingerprint density at radius 1 is 1.23 bits per heavy atom. The largest absolute Gasteiger partial charge is 0.459 e. The van der Waals surface area contributed by atoms with Crippen molar-refractivity contribution in [1.82, 2.24) is 25.0 Å². The highest BCUT2D eigenvalue weighted by Crippen LogP contribution is 2.30. The highest BCUT2D eigenvalue weighted by molar-refractivity contribution is 7.98. The van der Waals surface area contributed by atoms with Crippen molar-refractivity contribution in [3.63, 3.8) is 0 Å². The minimum Gasteiger partial charge on any atom is -0.459 e. The third kappa shape index (κ3) is 2.84. The molecule has 0 atom stereocenters. The van der Waals surface area contributed by atoms with E-state index in [0.717, 1.165) is 16.3 Å². The summed E-state index contributed by atoms with van der Waals surface area (Å²) < 4.78 is 49.1. The molecule has 22 heavy (non-hydrogen) atoms. The van der Waals surface area contributed by atoms with Crippen LogP contribution in [0.5, 0.6) is 0 Å². The minimum absolute atomic E-state index is 0.102. The molecule has 0 spiro atoms. The minimum atomic E-state index is -4.54. The van der Waals surface area contributed by atoms with Crippen LogP contribution in [-0.2, 0) is 19.0 Å². The third-order valence-electron chi connectivity index (χ3n) is 2.61. The molecule has 0 radical (unpaired) electrons. The highest BCUT2D eigenvalue weighted by Gasteiger charge is 2.37. The zero-order valence-corrected chi connectivity index (χ0v) is 11.9. The van der Waals surface area contributed by atoms with E-state index >= 15 is 0 Å². The second kappa shape index (κ2) is 5.48. The molecule has 11 heteroatoms. The molecule has 3 heterocycles. The van der Waals surface area contributed by atoms with E-state index in [9.17, 15) is 13.2 Å². The molecule has 3 aromatic heterocycles. The third-order valence-corrected chi connectivity index (χ3v) is 3.62. The standard InChI is InChI=1S/C11H8F3N5O2S/c1-19-9(11(12,13)14)17-18-10(19)22-5-7-15-16-8(21-7)6-3-2-4-20-6/h2-4H,5H2,1H3. The summed E-state index contributed by atoms with van der Waals surface area (Å²) >= 11 is 1.01. The summed E-state index contributed by atoms with van der Waals surface area (Å²) in [6.07, 6.45) is -3.08. The number of aromatic nitrogens is 5. The molecule has 0 saturated heterocycles. The van der Waals surface area contributed by atoms with Crippen molar-refractivity contribution in [1.29, 1.82) is 0 Å². The van der Waals surface area contributed by atoms with Gasteiger partial charge < -0.3 is 13.4 Å². The van der Waals surface area contributed by atoms with Crippen LogP contribution in [0.1, 0.15) is 11.7 Å². The van der Waals surface area contributed by atoms with Gasteiger partial charge in [-0.25, -0.2) is 0 Å². The number of rotatable bonds is 4. The summed E-state index contributed by atoms with van der Waals surface area (Å²) in [5.74, 6) is -0.0292. The lowest BCUT2D eigenvalue weighted by Crippen LogP contribution is -2.12. The molecule has 0 aromatic carbocycles. The Morgan fingerprint density at radius 3 is 2.68 bits per heavy atom. The van der Waals surface area contributed by atoms with E-state index in [-0.39, 0.29) is 22.7 Å². The van der Waals surface area contributed by atoms with Gasteiger partial charge in [-0.15, -0.1) is 20.4 Å². The second-order valence-electron chi connectivity index (χ2n) is 4.13. The average molecular weight is 331 g/mol. The number of hydrogen-bond donors (Lipinski definition) is 0. The summed E-state index contributed by atoms with van der Waals surface area (Å²) in [6.45, 7) is 0. The fraction of sp³-hybridized carbons (Fsp3) is 0.273. The predicted octanol–water partition coefficient (Wildman–Crippen LogP) is 2.77. The van der Waals surface area contributed by atoms with E-state index < -0.39 is 12.0 Å². The Kier molecular flexibility index (Phi) is 3.64. The molecular weight excluding hydrogens is 323 g/mol. The first kappa shape index (κ1) is 14.6. The quantitative estimate of drug-likeness (QED) is 0.680. The van der Waals surface area contributed by atoms with Gasteiger partial charge in [0.2, 0.25) is 11.7 Å². The topological polar surface area (TPSA) is 82.8 Å². The van der Waals surface area contributed by atoms with E-state index in [0.29, 0.717) is 5.76 Å². The van der Waals surface area contributed by atoms with Gasteiger partial charge in [0, 0.05) is 7.05 Å². The summed E-state index contributed by atoms with van der Waals surface area (Å²) in [7, 11) is 1.24. The lowest BCUT2D eigenvalue weighted by molar-refractivity contribution is -0.147. The van der Waals surface area contributed by atoms with Crippen molar-refractivity contribution < 1.29 is 22.0 Å². The number of nitrogens with zero attached hydrogens (tertiary/aromatic N) is 5. The van der Waals surface area contributed by atoms with E-state index in [1.165, 1.54) is 13.3 Å². The zero-order chi connectivity index (χ0) is 15.7. The Morgan fingerprint density at radius 2 is 2.05 bits per heavy atom. The van der Waals surface area contributed by atoms with Gasteiger partial charge in [-0.3, -0.25) is 0 Å². The first-order valence-corrected chi connectivity index (χ1v) is 6.89. The fourth-order valence-electron chi connectivity index (χ4n) is 1.63. The fourth-order valence-corrected chi connectivity index (χ4v) is 2.37. The maximum absolute atomic E-state index is 12.6. The maximum atomic E-state index is 12.6. The number of furan rings is 1. The van der Waals surface area contributed by atoms with Crippen molar-refractivity contribution in [2.75, 3.05) is 0 Å². The molecule has 3 rings (SSSR count).